The fourth-order valence-electron chi connectivity index (χ4n) is 2.78. The smallest absolute Gasteiger partial charge is 0.230 e. The van der Waals surface area contributed by atoms with E-state index in [1.165, 1.54) is 17.8 Å². The van der Waals surface area contributed by atoms with Gasteiger partial charge >= 0.3 is 0 Å². The van der Waals surface area contributed by atoms with Crippen molar-refractivity contribution in [2.45, 2.75) is 31.3 Å². The predicted octanol–water partition coefficient (Wildman–Crippen LogP) is 4.81. The number of amides is 1. The Morgan fingerprint density at radius 2 is 2.03 bits per heavy atom. The van der Waals surface area contributed by atoms with Crippen molar-refractivity contribution >= 4 is 29.3 Å². The molecule has 1 amide bonds. The van der Waals surface area contributed by atoms with E-state index in [1.54, 1.807) is 47.9 Å². The van der Waals surface area contributed by atoms with Gasteiger partial charge in [-0.1, -0.05) is 53.7 Å². The second kappa shape index (κ2) is 11.0. The van der Waals surface area contributed by atoms with Gasteiger partial charge in [0, 0.05) is 18.1 Å². The topological polar surface area (TPSA) is 69.0 Å². The lowest BCUT2D eigenvalue weighted by Crippen LogP contribution is -2.24. The molecule has 0 aliphatic rings. The average Bonchev–Trinajstić information content (AvgIpc) is 3.16. The maximum absolute atomic E-state index is 13.9. The van der Waals surface area contributed by atoms with Gasteiger partial charge < -0.3 is 10.1 Å². The van der Waals surface area contributed by atoms with E-state index in [0.29, 0.717) is 29.1 Å². The van der Waals surface area contributed by atoms with Gasteiger partial charge in [0.25, 0.3) is 0 Å². The van der Waals surface area contributed by atoms with Crippen LogP contribution >= 0.6 is 23.4 Å². The van der Waals surface area contributed by atoms with Crippen molar-refractivity contribution in [2.24, 2.45) is 0 Å². The molecule has 0 fully saturated rings. The minimum atomic E-state index is -0.544. The van der Waals surface area contributed by atoms with E-state index in [-0.39, 0.29) is 17.4 Å². The molecule has 0 saturated heterocycles. The van der Waals surface area contributed by atoms with Crippen LogP contribution in [0.2, 0.25) is 5.02 Å². The number of rotatable bonds is 10. The van der Waals surface area contributed by atoms with E-state index in [0.717, 1.165) is 5.56 Å². The first-order valence-corrected chi connectivity index (χ1v) is 10.9. The molecular formula is C22H22ClFN4O2S. The summed E-state index contributed by atoms with van der Waals surface area (Å²) in [5, 5.41) is 12.4. The van der Waals surface area contributed by atoms with Crippen LogP contribution in [0.4, 0.5) is 4.39 Å². The van der Waals surface area contributed by atoms with Gasteiger partial charge in [-0.05, 0) is 36.8 Å². The van der Waals surface area contributed by atoms with Crippen LogP contribution in [0.1, 0.15) is 24.4 Å². The van der Waals surface area contributed by atoms with Gasteiger partial charge in [-0.25, -0.2) is 4.39 Å². The second-order valence-electron chi connectivity index (χ2n) is 6.62. The molecule has 2 aromatic carbocycles. The largest absolute Gasteiger partial charge is 0.480 e. The maximum atomic E-state index is 13.9. The summed E-state index contributed by atoms with van der Waals surface area (Å²) in [6.07, 6.45) is 1.16. The average molecular weight is 461 g/mol. The highest BCUT2D eigenvalue weighted by molar-refractivity contribution is 7.99. The number of hydrogen-bond donors (Lipinski definition) is 1. The zero-order valence-electron chi connectivity index (χ0n) is 16.9. The molecule has 0 spiro atoms. The molecule has 9 heteroatoms. The van der Waals surface area contributed by atoms with Crippen LogP contribution in [0, 0.1) is 5.82 Å². The lowest BCUT2D eigenvalue weighted by atomic mass is 10.2. The van der Waals surface area contributed by atoms with E-state index >= 15 is 0 Å². The Labute approximate surface area is 189 Å². The van der Waals surface area contributed by atoms with Crippen molar-refractivity contribution < 1.29 is 13.9 Å². The molecule has 0 aliphatic heterocycles. The van der Waals surface area contributed by atoms with E-state index in [9.17, 15) is 9.18 Å². The van der Waals surface area contributed by atoms with Crippen molar-refractivity contribution in [3.8, 4) is 5.75 Å². The van der Waals surface area contributed by atoms with Crippen LogP contribution in [0.3, 0.4) is 0 Å². The lowest BCUT2D eigenvalue weighted by molar-refractivity contribution is -0.118. The molecule has 0 saturated carbocycles. The van der Waals surface area contributed by atoms with Gasteiger partial charge in [0.2, 0.25) is 5.91 Å². The van der Waals surface area contributed by atoms with Crippen molar-refractivity contribution in [2.75, 3.05) is 5.75 Å². The van der Waals surface area contributed by atoms with Crippen molar-refractivity contribution in [1.29, 1.82) is 0 Å². The minimum Gasteiger partial charge on any atom is -0.480 e. The predicted molar refractivity (Wildman–Crippen MR) is 120 cm³/mol. The van der Waals surface area contributed by atoms with Crippen molar-refractivity contribution in [3.05, 3.63) is 83.4 Å². The highest BCUT2D eigenvalue weighted by atomic mass is 35.5. The number of halogens is 2. The summed E-state index contributed by atoms with van der Waals surface area (Å²) in [6, 6.07) is 13.5. The van der Waals surface area contributed by atoms with Crippen LogP contribution < -0.4 is 10.1 Å². The molecule has 31 heavy (non-hydrogen) atoms. The summed E-state index contributed by atoms with van der Waals surface area (Å²) in [4.78, 5) is 12.2. The van der Waals surface area contributed by atoms with E-state index < -0.39 is 11.9 Å². The number of nitrogens with one attached hydrogen (secondary N) is 1. The van der Waals surface area contributed by atoms with Crippen LogP contribution in [0.5, 0.6) is 5.75 Å². The minimum absolute atomic E-state index is 0.134. The molecule has 0 radical (unpaired) electrons. The fourth-order valence-corrected chi connectivity index (χ4v) is 3.69. The van der Waals surface area contributed by atoms with E-state index in [1.807, 2.05) is 12.1 Å². The lowest BCUT2D eigenvalue weighted by Gasteiger charge is -2.16. The molecule has 1 atom stereocenters. The summed E-state index contributed by atoms with van der Waals surface area (Å²) in [7, 11) is 0. The molecule has 1 heterocycles. The first-order chi connectivity index (χ1) is 15.0. The second-order valence-corrected chi connectivity index (χ2v) is 8.00. The Kier molecular flexibility index (Phi) is 8.08. The highest BCUT2D eigenvalue weighted by Crippen LogP contribution is 2.26. The number of aromatic nitrogens is 3. The summed E-state index contributed by atoms with van der Waals surface area (Å²) >= 11 is 7.13. The Morgan fingerprint density at radius 3 is 2.74 bits per heavy atom. The maximum Gasteiger partial charge on any atom is 0.230 e. The number of thioether (sulfide) groups is 1. The number of ether oxygens (including phenoxy) is 1. The molecule has 3 aromatic rings. The number of para-hydroxylation sites is 1. The van der Waals surface area contributed by atoms with Gasteiger partial charge in [-0.3, -0.25) is 9.36 Å². The molecule has 0 bridgehead atoms. The molecule has 1 aromatic heterocycles. The molecule has 1 unspecified atom stereocenters. The van der Waals surface area contributed by atoms with Gasteiger partial charge in [-0.15, -0.1) is 16.8 Å². The first kappa shape index (κ1) is 22.8. The first-order valence-electron chi connectivity index (χ1n) is 9.57. The quantitative estimate of drug-likeness (QED) is 0.347. The summed E-state index contributed by atoms with van der Waals surface area (Å²) in [6.45, 7) is 6.38. The Balaban J connectivity index is 1.61. The number of benzene rings is 2. The van der Waals surface area contributed by atoms with Crippen LogP contribution in [0.25, 0.3) is 0 Å². The van der Waals surface area contributed by atoms with Gasteiger partial charge in [0.15, 0.2) is 28.7 Å². The Bertz CT molecular complexity index is 1040. The molecule has 162 valence electrons. The fraction of sp³-hybridized carbons (Fsp3) is 0.227. The number of allylic oxidation sites excluding steroid dienone is 1. The molecular weight excluding hydrogens is 439 g/mol. The van der Waals surface area contributed by atoms with Crippen LogP contribution in [-0.4, -0.2) is 26.4 Å². The zero-order valence-corrected chi connectivity index (χ0v) is 18.5. The van der Waals surface area contributed by atoms with E-state index in [2.05, 4.69) is 22.1 Å². The van der Waals surface area contributed by atoms with Crippen LogP contribution in [0.15, 0.2) is 66.3 Å². The highest BCUT2D eigenvalue weighted by Gasteiger charge is 2.20. The standard InChI is InChI=1S/C22H22ClFN4O2S/c1-3-12-28-21(15(2)30-19-7-5-4-6-18(19)24)26-27-22(28)31-14-20(29)25-13-16-8-10-17(23)11-9-16/h3-11,15H,1,12-14H2,2H3,(H,25,29). The molecule has 6 nitrogen and oxygen atoms in total. The van der Waals surface area contributed by atoms with Crippen LogP contribution in [-0.2, 0) is 17.9 Å². The zero-order chi connectivity index (χ0) is 22.2. The number of hydrogen-bond acceptors (Lipinski definition) is 5. The molecule has 0 aliphatic carbocycles. The third kappa shape index (κ3) is 6.32. The van der Waals surface area contributed by atoms with Gasteiger partial charge in [0.05, 0.1) is 5.75 Å². The summed E-state index contributed by atoms with van der Waals surface area (Å²) in [5.74, 6) is 0.248. The molecule has 1 N–H and O–H groups in total. The third-order valence-electron chi connectivity index (χ3n) is 4.30. The number of carbonyl (C=O) groups is 1. The Morgan fingerprint density at radius 1 is 1.29 bits per heavy atom. The monoisotopic (exact) mass is 460 g/mol. The third-order valence-corrected chi connectivity index (χ3v) is 5.52. The summed E-state index contributed by atoms with van der Waals surface area (Å²) in [5.41, 5.74) is 0.957. The van der Waals surface area contributed by atoms with E-state index in [4.69, 9.17) is 16.3 Å². The van der Waals surface area contributed by atoms with Crippen molar-refractivity contribution in [3.63, 3.8) is 0 Å². The van der Waals surface area contributed by atoms with Crippen molar-refractivity contribution in [1.82, 2.24) is 20.1 Å². The van der Waals surface area contributed by atoms with Gasteiger partial charge in [-0.2, -0.15) is 0 Å². The number of nitrogens with zero attached hydrogens (tertiary/aromatic N) is 3. The summed E-state index contributed by atoms with van der Waals surface area (Å²) < 4.78 is 21.4. The molecule has 3 rings (SSSR count). The SMILES string of the molecule is C=CCn1c(SCC(=O)NCc2ccc(Cl)cc2)nnc1C(C)Oc1ccccc1F. The number of carbonyl (C=O) groups excluding carboxylic acids is 1. The van der Waals surface area contributed by atoms with Gasteiger partial charge in [0.1, 0.15) is 0 Å². The normalized spacial score (nSPS) is 11.7. The Hall–Kier alpha value is -2.84.